The molecular weight excluding hydrogens is 432 g/mol. The van der Waals surface area contributed by atoms with Crippen LogP contribution in [0.2, 0.25) is 0 Å². The van der Waals surface area contributed by atoms with E-state index >= 15 is 0 Å². The summed E-state index contributed by atoms with van der Waals surface area (Å²) in [6, 6.07) is 13.2. The van der Waals surface area contributed by atoms with E-state index in [4.69, 9.17) is 4.99 Å². The van der Waals surface area contributed by atoms with E-state index in [0.29, 0.717) is 12.3 Å². The number of hydrogen-bond donors (Lipinski definition) is 2. The number of pyridine rings is 1. The number of aryl methyl sites for hydroxylation is 1. The maximum Gasteiger partial charge on any atom is 0.0558 e. The quantitative estimate of drug-likeness (QED) is 0.564. The number of fused-ring (bicyclic) bond motifs is 3. The van der Waals surface area contributed by atoms with Crippen molar-refractivity contribution in [1.82, 2.24) is 20.2 Å². The predicted octanol–water partition coefficient (Wildman–Crippen LogP) is 4.94. The molecule has 2 bridgehead atoms. The van der Waals surface area contributed by atoms with Gasteiger partial charge in [-0.2, -0.15) is 0 Å². The Morgan fingerprint density at radius 2 is 1.94 bits per heavy atom. The molecule has 6 nitrogen and oxygen atoms in total. The number of aliphatic imine (C=N–C) groups is 2. The van der Waals surface area contributed by atoms with Gasteiger partial charge in [0.2, 0.25) is 0 Å². The van der Waals surface area contributed by atoms with Gasteiger partial charge in [0.25, 0.3) is 0 Å². The number of nitrogens with one attached hydrogen (secondary N) is 2. The first-order valence-electron chi connectivity index (χ1n) is 12.4. The first kappa shape index (κ1) is 21.7. The van der Waals surface area contributed by atoms with E-state index < -0.39 is 0 Å². The molecule has 6 rings (SSSR count). The Labute approximate surface area is 205 Å². The van der Waals surface area contributed by atoms with Crippen molar-refractivity contribution in [2.75, 3.05) is 13.1 Å². The van der Waals surface area contributed by atoms with Gasteiger partial charge < -0.3 is 15.2 Å². The van der Waals surface area contributed by atoms with Crippen molar-refractivity contribution in [3.05, 3.63) is 96.4 Å². The van der Waals surface area contributed by atoms with Crippen LogP contribution >= 0.6 is 0 Å². The number of piperidine rings is 1. The Morgan fingerprint density at radius 3 is 2.80 bits per heavy atom. The van der Waals surface area contributed by atoms with E-state index in [1.54, 1.807) is 12.4 Å². The van der Waals surface area contributed by atoms with Crippen molar-refractivity contribution in [2.24, 2.45) is 23.0 Å². The molecular formula is C29H30N6. The molecule has 2 aromatic heterocycles. The van der Waals surface area contributed by atoms with Crippen LogP contribution in [-0.4, -0.2) is 34.1 Å². The SMILES string of the molecule is Cn1ccc2ccc(C3=CC(NC(c4cccnc4)C4CCNCC4)=CC4=NC=CN=C3C4)cc21. The maximum atomic E-state index is 4.78. The standard InChI is InChI=1S/C29H30N6/c1-35-14-8-20-4-5-22(15-28(20)35)26-17-25(16-24-18-27(26)33-13-12-32-24)34-29(21-6-10-30-11-7-21)23-3-2-9-31-19-23/h2-5,8-9,12-17,19,21,29-30,34H,6-7,10-11,18H2,1H3. The van der Waals surface area contributed by atoms with Gasteiger partial charge in [0.05, 0.1) is 11.8 Å². The zero-order valence-corrected chi connectivity index (χ0v) is 20.0. The van der Waals surface area contributed by atoms with Crippen LogP contribution in [0, 0.1) is 5.92 Å². The highest BCUT2D eigenvalue weighted by atomic mass is 15.0. The first-order chi connectivity index (χ1) is 17.2. The van der Waals surface area contributed by atoms with E-state index in [1.165, 1.54) is 22.0 Å². The molecule has 6 heteroatoms. The lowest BCUT2D eigenvalue weighted by Gasteiger charge is -2.32. The fourth-order valence-electron chi connectivity index (χ4n) is 5.38. The monoisotopic (exact) mass is 462 g/mol. The molecule has 3 aromatic rings. The van der Waals surface area contributed by atoms with Crippen molar-refractivity contribution in [2.45, 2.75) is 25.3 Å². The third-order valence-corrected chi connectivity index (χ3v) is 7.24. The van der Waals surface area contributed by atoms with Gasteiger partial charge in [0, 0.05) is 67.0 Å². The summed E-state index contributed by atoms with van der Waals surface area (Å²) in [5, 5.41) is 8.66. The molecule has 0 saturated carbocycles. The van der Waals surface area contributed by atoms with Crippen LogP contribution in [0.1, 0.15) is 36.4 Å². The zero-order chi connectivity index (χ0) is 23.6. The van der Waals surface area contributed by atoms with Crippen LogP contribution in [0.15, 0.2) is 95.2 Å². The molecule has 1 unspecified atom stereocenters. The van der Waals surface area contributed by atoms with E-state index in [-0.39, 0.29) is 6.04 Å². The van der Waals surface area contributed by atoms with E-state index in [0.717, 1.165) is 48.6 Å². The van der Waals surface area contributed by atoms with Gasteiger partial charge in [-0.3, -0.25) is 15.0 Å². The molecule has 3 aliphatic rings. The molecule has 2 aliphatic heterocycles. The van der Waals surface area contributed by atoms with Crippen molar-refractivity contribution >= 4 is 27.9 Å². The third-order valence-electron chi connectivity index (χ3n) is 7.24. The topological polar surface area (TPSA) is 66.6 Å². The fraction of sp³-hybridized carbons (Fsp3) is 0.276. The van der Waals surface area contributed by atoms with Crippen LogP contribution in [0.25, 0.3) is 16.5 Å². The van der Waals surface area contributed by atoms with Crippen molar-refractivity contribution in [3.63, 3.8) is 0 Å². The summed E-state index contributed by atoms with van der Waals surface area (Å²) < 4.78 is 2.17. The highest BCUT2D eigenvalue weighted by molar-refractivity contribution is 6.32. The molecule has 176 valence electrons. The Kier molecular flexibility index (Phi) is 5.88. The molecule has 1 aliphatic carbocycles. The predicted molar refractivity (Wildman–Crippen MR) is 143 cm³/mol. The van der Waals surface area contributed by atoms with E-state index in [9.17, 15) is 0 Å². The summed E-state index contributed by atoms with van der Waals surface area (Å²) in [5.74, 6) is 0.530. The Bertz CT molecular complexity index is 1380. The van der Waals surface area contributed by atoms with Crippen molar-refractivity contribution in [1.29, 1.82) is 0 Å². The second kappa shape index (κ2) is 9.47. The fourth-order valence-corrected chi connectivity index (χ4v) is 5.38. The number of nitrogens with zero attached hydrogens (tertiary/aromatic N) is 4. The largest absolute Gasteiger partial charge is 0.378 e. The minimum absolute atomic E-state index is 0.183. The van der Waals surface area contributed by atoms with Crippen LogP contribution in [0.5, 0.6) is 0 Å². The second-order valence-corrected chi connectivity index (χ2v) is 9.52. The molecule has 1 atom stereocenters. The molecule has 35 heavy (non-hydrogen) atoms. The van der Waals surface area contributed by atoms with Gasteiger partial charge in [0.15, 0.2) is 0 Å². The molecule has 4 heterocycles. The molecule has 1 aromatic carbocycles. The smallest absolute Gasteiger partial charge is 0.0558 e. The number of aromatic nitrogens is 2. The van der Waals surface area contributed by atoms with E-state index in [1.807, 2.05) is 18.5 Å². The highest BCUT2D eigenvalue weighted by Gasteiger charge is 2.27. The Morgan fingerprint density at radius 1 is 1.06 bits per heavy atom. The molecule has 1 saturated heterocycles. The van der Waals surface area contributed by atoms with Gasteiger partial charge in [-0.15, -0.1) is 0 Å². The zero-order valence-electron chi connectivity index (χ0n) is 20.0. The maximum absolute atomic E-state index is 4.78. The summed E-state index contributed by atoms with van der Waals surface area (Å²) in [4.78, 5) is 13.9. The summed E-state index contributed by atoms with van der Waals surface area (Å²) in [6.45, 7) is 2.10. The first-order valence-corrected chi connectivity index (χ1v) is 12.4. The van der Waals surface area contributed by atoms with Gasteiger partial charge in [-0.25, -0.2) is 0 Å². The van der Waals surface area contributed by atoms with Crippen molar-refractivity contribution in [3.8, 4) is 0 Å². The molecule has 1 fully saturated rings. The number of allylic oxidation sites excluding steroid dienone is 3. The minimum atomic E-state index is 0.183. The van der Waals surface area contributed by atoms with Crippen LogP contribution in [0.4, 0.5) is 0 Å². The van der Waals surface area contributed by atoms with Crippen LogP contribution in [-0.2, 0) is 7.05 Å². The molecule has 0 amide bonds. The summed E-state index contributed by atoms with van der Waals surface area (Å²) in [6.07, 6.45) is 17.0. The van der Waals surface area contributed by atoms with Gasteiger partial charge >= 0.3 is 0 Å². The van der Waals surface area contributed by atoms with Crippen LogP contribution < -0.4 is 10.6 Å². The number of hydrogen-bond acceptors (Lipinski definition) is 5. The molecule has 2 N–H and O–H groups in total. The summed E-state index contributed by atoms with van der Waals surface area (Å²) in [7, 11) is 2.09. The number of benzene rings is 1. The average molecular weight is 463 g/mol. The lowest BCUT2D eigenvalue weighted by atomic mass is 9.86. The second-order valence-electron chi connectivity index (χ2n) is 9.52. The Hall–Kier alpha value is -3.77. The number of rotatable bonds is 5. The summed E-state index contributed by atoms with van der Waals surface area (Å²) in [5.41, 5.74) is 7.87. The van der Waals surface area contributed by atoms with Gasteiger partial charge in [-0.05, 0) is 78.7 Å². The minimum Gasteiger partial charge on any atom is -0.378 e. The highest BCUT2D eigenvalue weighted by Crippen LogP contribution is 2.32. The van der Waals surface area contributed by atoms with Crippen molar-refractivity contribution < 1.29 is 0 Å². The lowest BCUT2D eigenvalue weighted by Crippen LogP contribution is -2.36. The van der Waals surface area contributed by atoms with Crippen LogP contribution in [0.3, 0.4) is 0 Å². The average Bonchev–Trinajstić information content (AvgIpc) is 3.05. The molecule has 0 radical (unpaired) electrons. The van der Waals surface area contributed by atoms with Gasteiger partial charge in [0.1, 0.15) is 0 Å². The van der Waals surface area contributed by atoms with Gasteiger partial charge in [-0.1, -0.05) is 18.2 Å². The van der Waals surface area contributed by atoms with E-state index in [2.05, 4.69) is 80.9 Å². The lowest BCUT2D eigenvalue weighted by molar-refractivity contribution is 0.296. The normalized spacial score (nSPS) is 19.2. The summed E-state index contributed by atoms with van der Waals surface area (Å²) >= 11 is 0. The Balaban J connectivity index is 1.42. The molecule has 0 spiro atoms. The third kappa shape index (κ3) is 4.49.